The molecule has 4 rings (SSSR count). The lowest BCUT2D eigenvalue weighted by Gasteiger charge is -2.39. The third kappa shape index (κ3) is 4.43. The Hall–Kier alpha value is -1.67. The maximum absolute atomic E-state index is 13.1. The summed E-state index contributed by atoms with van der Waals surface area (Å²) in [4.78, 5) is 21.2. The highest BCUT2D eigenvalue weighted by atomic mass is 19.4. The van der Waals surface area contributed by atoms with Crippen molar-refractivity contribution in [1.29, 1.82) is 0 Å². The number of halogens is 3. The van der Waals surface area contributed by atoms with Gasteiger partial charge in [0, 0.05) is 56.5 Å². The van der Waals surface area contributed by atoms with Crippen LogP contribution in [-0.2, 0) is 28.7 Å². The molecule has 0 N–H and O–H groups in total. The average Bonchev–Trinajstić information content (AvgIpc) is 3.15. The van der Waals surface area contributed by atoms with Gasteiger partial charge in [-0.3, -0.25) is 14.7 Å². The van der Waals surface area contributed by atoms with Crippen LogP contribution in [0.2, 0.25) is 0 Å². The fourth-order valence-electron chi connectivity index (χ4n) is 5.06. The number of fused-ring (bicyclic) bond motifs is 1. The lowest BCUT2D eigenvalue weighted by Crippen LogP contribution is -2.49. The Kier molecular flexibility index (Phi) is 5.59. The van der Waals surface area contributed by atoms with Crippen LogP contribution >= 0.6 is 0 Å². The topological polar surface area (TPSA) is 45.7 Å². The van der Waals surface area contributed by atoms with Crippen molar-refractivity contribution in [1.82, 2.24) is 14.8 Å². The number of rotatable bonds is 2. The first-order valence-corrected chi connectivity index (χ1v) is 10.4. The molecule has 3 heterocycles. The van der Waals surface area contributed by atoms with Crippen LogP contribution in [0.5, 0.6) is 0 Å². The van der Waals surface area contributed by atoms with E-state index in [0.29, 0.717) is 30.3 Å². The van der Waals surface area contributed by atoms with Crippen molar-refractivity contribution in [3.63, 3.8) is 0 Å². The molecule has 1 aliphatic carbocycles. The predicted molar refractivity (Wildman–Crippen MR) is 101 cm³/mol. The van der Waals surface area contributed by atoms with Crippen LogP contribution in [0.4, 0.5) is 13.2 Å². The maximum Gasteiger partial charge on any atom is 0.417 e. The highest BCUT2D eigenvalue weighted by molar-refractivity contribution is 5.79. The molecule has 8 heteroatoms. The van der Waals surface area contributed by atoms with E-state index in [1.165, 1.54) is 0 Å². The van der Waals surface area contributed by atoms with E-state index in [2.05, 4.69) is 23.7 Å². The van der Waals surface area contributed by atoms with Crippen molar-refractivity contribution in [3.05, 3.63) is 29.1 Å². The van der Waals surface area contributed by atoms with Crippen LogP contribution in [0.1, 0.15) is 49.9 Å². The third-order valence-electron chi connectivity index (χ3n) is 6.40. The van der Waals surface area contributed by atoms with Crippen molar-refractivity contribution in [2.75, 3.05) is 19.6 Å². The number of hydrogen-bond donors (Lipinski definition) is 0. The first-order valence-electron chi connectivity index (χ1n) is 10.4. The molecule has 4 atom stereocenters. The number of carbonyl (C=O) groups is 1. The lowest BCUT2D eigenvalue weighted by molar-refractivity contribution is -0.137. The number of pyridine rings is 1. The zero-order chi connectivity index (χ0) is 20.8. The molecular weight excluding hydrogens is 383 g/mol. The van der Waals surface area contributed by atoms with Crippen molar-refractivity contribution in [3.8, 4) is 0 Å². The molecular formula is C21H28F3N3O2. The molecule has 2 fully saturated rings. The van der Waals surface area contributed by atoms with Gasteiger partial charge in [-0.2, -0.15) is 13.2 Å². The van der Waals surface area contributed by atoms with Crippen LogP contribution < -0.4 is 0 Å². The highest BCUT2D eigenvalue weighted by Crippen LogP contribution is 2.34. The number of alkyl halides is 3. The monoisotopic (exact) mass is 411 g/mol. The van der Waals surface area contributed by atoms with Crippen LogP contribution in [0.15, 0.2) is 12.3 Å². The molecule has 2 aliphatic heterocycles. The number of nitrogens with zero attached hydrogens (tertiary/aromatic N) is 3. The molecule has 0 bridgehead atoms. The number of carbonyl (C=O) groups excluding carboxylic acids is 1. The second kappa shape index (κ2) is 7.87. The molecule has 1 aromatic rings. The molecule has 0 radical (unpaired) electrons. The van der Waals surface area contributed by atoms with Gasteiger partial charge in [-0.25, -0.2) is 0 Å². The maximum atomic E-state index is 13.1. The van der Waals surface area contributed by atoms with Crippen molar-refractivity contribution in [2.24, 2.45) is 5.92 Å². The number of morpholine rings is 1. The van der Waals surface area contributed by atoms with E-state index in [-0.39, 0.29) is 30.6 Å². The average molecular weight is 411 g/mol. The minimum atomic E-state index is -4.42. The Morgan fingerprint density at radius 1 is 1.21 bits per heavy atom. The molecule has 3 aliphatic rings. The van der Waals surface area contributed by atoms with Gasteiger partial charge < -0.3 is 9.64 Å². The summed E-state index contributed by atoms with van der Waals surface area (Å²) in [5, 5.41) is 0. The van der Waals surface area contributed by atoms with E-state index < -0.39 is 11.7 Å². The molecule has 0 spiro atoms. The molecule has 29 heavy (non-hydrogen) atoms. The molecule has 1 saturated heterocycles. The second-order valence-corrected chi connectivity index (χ2v) is 8.71. The second-order valence-electron chi connectivity index (χ2n) is 8.71. The summed E-state index contributed by atoms with van der Waals surface area (Å²) in [5.41, 5.74) is 0.439. The van der Waals surface area contributed by atoms with Gasteiger partial charge in [0.2, 0.25) is 5.91 Å². The van der Waals surface area contributed by atoms with Crippen LogP contribution in [0.25, 0.3) is 0 Å². The predicted octanol–water partition coefficient (Wildman–Crippen LogP) is 3.26. The summed E-state index contributed by atoms with van der Waals surface area (Å²) in [6, 6.07) is 1.53. The number of amides is 1. The number of ether oxygens (including phenoxy) is 1. The Labute approximate surface area is 169 Å². The minimum absolute atomic E-state index is 0.0474. The lowest BCUT2D eigenvalue weighted by atomic mass is 10.00. The van der Waals surface area contributed by atoms with Gasteiger partial charge in [0.05, 0.1) is 17.8 Å². The molecule has 1 saturated carbocycles. The van der Waals surface area contributed by atoms with E-state index in [1.54, 1.807) is 4.90 Å². The summed E-state index contributed by atoms with van der Waals surface area (Å²) < 4.78 is 44.8. The number of aromatic nitrogens is 1. The van der Waals surface area contributed by atoms with Crippen molar-refractivity contribution < 1.29 is 22.7 Å². The zero-order valence-electron chi connectivity index (χ0n) is 16.9. The quantitative estimate of drug-likeness (QED) is 0.750. The fourth-order valence-corrected chi connectivity index (χ4v) is 5.06. The molecule has 1 amide bonds. The van der Waals surface area contributed by atoms with Crippen LogP contribution in [0, 0.1) is 5.92 Å². The standard InChI is InChI=1S/C21H28F3N3O2/c1-13-10-27(11-14(2)29-13)18-4-3-15(8-18)20(28)26-6-5-19-16(12-26)7-17(9-25-19)21(22,23)24/h7,9,13-15,18H,3-6,8,10-12H2,1-2H3. The fraction of sp³-hybridized carbons (Fsp3) is 0.714. The minimum Gasteiger partial charge on any atom is -0.373 e. The first kappa shape index (κ1) is 20.6. The van der Waals surface area contributed by atoms with E-state index in [9.17, 15) is 18.0 Å². The van der Waals surface area contributed by atoms with Crippen LogP contribution in [0.3, 0.4) is 0 Å². The largest absolute Gasteiger partial charge is 0.417 e. The molecule has 5 nitrogen and oxygen atoms in total. The van der Waals surface area contributed by atoms with Crippen molar-refractivity contribution >= 4 is 5.91 Å². The molecule has 160 valence electrons. The van der Waals surface area contributed by atoms with E-state index in [1.807, 2.05) is 0 Å². The Bertz CT molecular complexity index is 760. The first-order chi connectivity index (χ1) is 13.7. The van der Waals surface area contributed by atoms with Crippen molar-refractivity contribution in [2.45, 2.75) is 70.5 Å². The van der Waals surface area contributed by atoms with Gasteiger partial charge in [0.15, 0.2) is 0 Å². The third-order valence-corrected chi connectivity index (χ3v) is 6.40. The summed E-state index contributed by atoms with van der Waals surface area (Å²) in [6.07, 6.45) is 0.0242. The van der Waals surface area contributed by atoms with Gasteiger partial charge in [0.25, 0.3) is 0 Å². The summed E-state index contributed by atoms with van der Waals surface area (Å²) in [7, 11) is 0. The SMILES string of the molecule is CC1CN(C2CCC(C(=O)N3CCc4ncc(C(F)(F)F)cc4C3)C2)CC(C)O1. The number of hydrogen-bond acceptors (Lipinski definition) is 4. The van der Waals surface area contributed by atoms with Gasteiger partial charge in [0.1, 0.15) is 0 Å². The zero-order valence-corrected chi connectivity index (χ0v) is 16.9. The molecule has 1 aromatic heterocycles. The highest BCUT2D eigenvalue weighted by Gasteiger charge is 2.39. The van der Waals surface area contributed by atoms with E-state index >= 15 is 0 Å². The smallest absolute Gasteiger partial charge is 0.373 e. The van der Waals surface area contributed by atoms with Crippen LogP contribution in [-0.4, -0.2) is 58.6 Å². The van der Waals surface area contributed by atoms with E-state index in [4.69, 9.17) is 4.74 Å². The van der Waals surface area contributed by atoms with Gasteiger partial charge in [-0.15, -0.1) is 0 Å². The Morgan fingerprint density at radius 3 is 2.62 bits per heavy atom. The molecule has 4 unspecified atom stereocenters. The summed E-state index contributed by atoms with van der Waals surface area (Å²) in [5.74, 6) is 0.0266. The van der Waals surface area contributed by atoms with Gasteiger partial charge in [-0.1, -0.05) is 0 Å². The molecule has 0 aromatic carbocycles. The Balaban J connectivity index is 1.40. The Morgan fingerprint density at radius 2 is 1.93 bits per heavy atom. The van der Waals surface area contributed by atoms with Gasteiger partial charge in [-0.05, 0) is 44.7 Å². The van der Waals surface area contributed by atoms with Gasteiger partial charge >= 0.3 is 6.18 Å². The summed E-state index contributed by atoms with van der Waals surface area (Å²) >= 11 is 0. The summed E-state index contributed by atoms with van der Waals surface area (Å²) in [6.45, 7) is 6.68. The normalized spacial score (nSPS) is 31.0. The van der Waals surface area contributed by atoms with E-state index in [0.717, 1.165) is 44.6 Å².